The Kier molecular flexibility index (Phi) is 11.4. The highest BCUT2D eigenvalue weighted by Gasteiger charge is 2.12. The number of hydrogen-bond acceptors (Lipinski definition) is 5. The lowest BCUT2D eigenvalue weighted by Gasteiger charge is -2.22. The van der Waals surface area contributed by atoms with Gasteiger partial charge < -0.3 is 25.0 Å². The van der Waals surface area contributed by atoms with Crippen molar-refractivity contribution in [1.82, 2.24) is 15.6 Å². The summed E-state index contributed by atoms with van der Waals surface area (Å²) in [7, 11) is 3.42. The highest BCUT2D eigenvalue weighted by atomic mass is 127. The second-order valence-electron chi connectivity index (χ2n) is 7.81. The Bertz CT molecular complexity index is 841. The van der Waals surface area contributed by atoms with Crippen LogP contribution >= 0.6 is 24.0 Å². The summed E-state index contributed by atoms with van der Waals surface area (Å²) < 4.78 is 11.4. The van der Waals surface area contributed by atoms with E-state index in [1.165, 1.54) is 31.2 Å². The molecule has 1 unspecified atom stereocenters. The predicted molar refractivity (Wildman–Crippen MR) is 142 cm³/mol. The second-order valence-corrected chi connectivity index (χ2v) is 7.81. The monoisotopic (exact) mass is 553 g/mol. The number of aromatic nitrogens is 1. The van der Waals surface area contributed by atoms with Gasteiger partial charge in [0.05, 0.1) is 13.7 Å². The van der Waals surface area contributed by atoms with Crippen LogP contribution in [0.2, 0.25) is 0 Å². The maximum atomic E-state index is 6.00. The highest BCUT2D eigenvalue weighted by molar-refractivity contribution is 14.0. The minimum Gasteiger partial charge on any atom is -0.493 e. The lowest BCUT2D eigenvalue weighted by molar-refractivity contribution is 0.213. The molecule has 2 aromatic rings. The van der Waals surface area contributed by atoms with Gasteiger partial charge in [-0.25, -0.2) is 4.98 Å². The van der Waals surface area contributed by atoms with Gasteiger partial charge in [-0.3, -0.25) is 4.99 Å². The standard InChI is InChI=1S/C24H35N5O2.HI/c1-19(31-22-11-7-6-10-21(22)30-3)17-27-24(25-2)28-18-20-12-13-26-23(16-20)29-14-8-4-5-9-15-29;/h6-7,10-13,16,19H,4-5,8-9,14-15,17-18H2,1-3H3,(H2,25,27,28);1H. The first kappa shape index (κ1) is 26.0. The van der Waals surface area contributed by atoms with Crippen molar-refractivity contribution < 1.29 is 9.47 Å². The topological polar surface area (TPSA) is 71.0 Å². The molecule has 0 saturated carbocycles. The first-order valence-electron chi connectivity index (χ1n) is 11.1. The molecule has 1 aromatic heterocycles. The molecule has 1 fully saturated rings. The molecular weight excluding hydrogens is 517 g/mol. The molecule has 1 saturated heterocycles. The van der Waals surface area contributed by atoms with Crippen molar-refractivity contribution in [1.29, 1.82) is 0 Å². The van der Waals surface area contributed by atoms with E-state index in [4.69, 9.17) is 9.47 Å². The van der Waals surface area contributed by atoms with Crippen LogP contribution in [-0.4, -0.2) is 50.8 Å². The normalized spacial score (nSPS) is 15.2. The maximum Gasteiger partial charge on any atom is 0.191 e. The van der Waals surface area contributed by atoms with Crippen molar-refractivity contribution in [3.63, 3.8) is 0 Å². The number of halogens is 1. The lowest BCUT2D eigenvalue weighted by atomic mass is 10.2. The fourth-order valence-electron chi connectivity index (χ4n) is 3.66. The van der Waals surface area contributed by atoms with Crippen molar-refractivity contribution in [3.05, 3.63) is 48.2 Å². The molecule has 1 aliphatic heterocycles. The van der Waals surface area contributed by atoms with E-state index < -0.39 is 0 Å². The van der Waals surface area contributed by atoms with E-state index in [0.29, 0.717) is 13.1 Å². The molecule has 176 valence electrons. The fraction of sp³-hybridized carbons (Fsp3) is 0.500. The maximum absolute atomic E-state index is 6.00. The summed E-state index contributed by atoms with van der Waals surface area (Å²) in [5.74, 6) is 3.28. The summed E-state index contributed by atoms with van der Waals surface area (Å²) in [5.41, 5.74) is 1.19. The van der Waals surface area contributed by atoms with Crippen molar-refractivity contribution in [2.24, 2.45) is 4.99 Å². The first-order chi connectivity index (χ1) is 15.2. The van der Waals surface area contributed by atoms with Crippen LogP contribution in [0.1, 0.15) is 38.2 Å². The largest absolute Gasteiger partial charge is 0.493 e. The lowest BCUT2D eigenvalue weighted by Crippen LogP contribution is -2.41. The number of anilines is 1. The molecule has 32 heavy (non-hydrogen) atoms. The molecule has 3 rings (SSSR count). The molecule has 7 nitrogen and oxygen atoms in total. The minimum atomic E-state index is -0.0505. The van der Waals surface area contributed by atoms with Crippen LogP contribution < -0.4 is 25.0 Å². The van der Waals surface area contributed by atoms with Gasteiger partial charge in [0.1, 0.15) is 11.9 Å². The van der Waals surface area contributed by atoms with Crippen LogP contribution in [0, 0.1) is 0 Å². The molecule has 0 radical (unpaired) electrons. The van der Waals surface area contributed by atoms with Gasteiger partial charge in [-0.15, -0.1) is 24.0 Å². The number of pyridine rings is 1. The Morgan fingerprint density at radius 3 is 2.50 bits per heavy atom. The van der Waals surface area contributed by atoms with Crippen LogP contribution in [0.4, 0.5) is 5.82 Å². The van der Waals surface area contributed by atoms with E-state index in [1.807, 2.05) is 37.4 Å². The van der Waals surface area contributed by atoms with Crippen molar-refractivity contribution in [2.75, 3.05) is 38.7 Å². The van der Waals surface area contributed by atoms with Crippen molar-refractivity contribution >= 4 is 35.8 Å². The number of hydrogen-bond donors (Lipinski definition) is 2. The number of nitrogens with one attached hydrogen (secondary N) is 2. The molecule has 0 amide bonds. The zero-order valence-electron chi connectivity index (χ0n) is 19.3. The minimum absolute atomic E-state index is 0. The van der Waals surface area contributed by atoms with E-state index in [0.717, 1.165) is 36.4 Å². The molecular formula is C24H36IN5O2. The summed E-state index contributed by atoms with van der Waals surface area (Å²) >= 11 is 0. The van der Waals surface area contributed by atoms with E-state index in [-0.39, 0.29) is 30.1 Å². The summed E-state index contributed by atoms with van der Waals surface area (Å²) in [6.45, 7) is 5.51. The molecule has 0 spiro atoms. The predicted octanol–water partition coefficient (Wildman–Crippen LogP) is 4.22. The molecule has 1 atom stereocenters. The van der Waals surface area contributed by atoms with E-state index in [1.54, 1.807) is 14.2 Å². The number of benzene rings is 1. The Balaban J connectivity index is 0.00000363. The van der Waals surface area contributed by atoms with Gasteiger partial charge in [-0.05, 0) is 49.6 Å². The van der Waals surface area contributed by atoms with Crippen LogP contribution in [0.3, 0.4) is 0 Å². The molecule has 1 aliphatic rings. The third-order valence-electron chi connectivity index (χ3n) is 5.38. The number of nitrogens with zero attached hydrogens (tertiary/aromatic N) is 3. The molecule has 2 N–H and O–H groups in total. The summed E-state index contributed by atoms with van der Waals surface area (Å²) in [5, 5.41) is 6.71. The Morgan fingerprint density at radius 2 is 1.81 bits per heavy atom. The second kappa shape index (κ2) is 14.0. The van der Waals surface area contributed by atoms with Gasteiger partial charge in [-0.1, -0.05) is 25.0 Å². The van der Waals surface area contributed by atoms with Gasteiger partial charge in [0, 0.05) is 32.9 Å². The van der Waals surface area contributed by atoms with Crippen molar-refractivity contribution in [3.8, 4) is 11.5 Å². The number of ether oxygens (including phenoxy) is 2. The Morgan fingerprint density at radius 1 is 1.09 bits per heavy atom. The third kappa shape index (κ3) is 8.03. The number of aliphatic imine (C=N–C) groups is 1. The Hall–Kier alpha value is -2.23. The zero-order valence-corrected chi connectivity index (χ0v) is 21.7. The average molecular weight is 553 g/mol. The van der Waals surface area contributed by atoms with Gasteiger partial charge in [-0.2, -0.15) is 0 Å². The van der Waals surface area contributed by atoms with Crippen LogP contribution in [0.15, 0.2) is 47.6 Å². The van der Waals surface area contributed by atoms with Crippen LogP contribution in [0.25, 0.3) is 0 Å². The van der Waals surface area contributed by atoms with Crippen LogP contribution in [-0.2, 0) is 6.54 Å². The average Bonchev–Trinajstić information content (AvgIpc) is 3.09. The summed E-state index contributed by atoms with van der Waals surface area (Å²) in [6.07, 6.45) is 6.98. The molecule has 1 aromatic carbocycles. The number of methoxy groups -OCH3 is 1. The van der Waals surface area contributed by atoms with Gasteiger partial charge >= 0.3 is 0 Å². The molecule has 8 heteroatoms. The van der Waals surface area contributed by atoms with Gasteiger partial charge in [0.15, 0.2) is 17.5 Å². The van der Waals surface area contributed by atoms with Gasteiger partial charge in [0.25, 0.3) is 0 Å². The van der Waals surface area contributed by atoms with E-state index in [2.05, 4.69) is 37.6 Å². The Labute approximate surface area is 209 Å². The fourth-order valence-corrected chi connectivity index (χ4v) is 3.66. The molecule has 0 bridgehead atoms. The van der Waals surface area contributed by atoms with E-state index in [9.17, 15) is 0 Å². The van der Waals surface area contributed by atoms with Crippen molar-refractivity contribution in [2.45, 2.75) is 45.3 Å². The summed E-state index contributed by atoms with van der Waals surface area (Å²) in [6, 6.07) is 11.9. The molecule has 0 aliphatic carbocycles. The summed E-state index contributed by atoms with van der Waals surface area (Å²) in [4.78, 5) is 11.3. The number of para-hydroxylation sites is 2. The SMILES string of the molecule is CN=C(NCc1ccnc(N2CCCCCC2)c1)NCC(C)Oc1ccccc1OC.I. The number of guanidine groups is 1. The first-order valence-corrected chi connectivity index (χ1v) is 11.1. The van der Waals surface area contributed by atoms with Gasteiger partial charge in [0.2, 0.25) is 0 Å². The molecule has 2 heterocycles. The van der Waals surface area contributed by atoms with E-state index >= 15 is 0 Å². The van der Waals surface area contributed by atoms with Crippen LogP contribution in [0.5, 0.6) is 11.5 Å². The third-order valence-corrected chi connectivity index (χ3v) is 5.38. The quantitative estimate of drug-likeness (QED) is 0.290. The highest BCUT2D eigenvalue weighted by Crippen LogP contribution is 2.26. The zero-order chi connectivity index (χ0) is 21.9. The number of rotatable bonds is 8. The smallest absolute Gasteiger partial charge is 0.191 e.